The van der Waals surface area contributed by atoms with Crippen LogP contribution in [0.15, 0.2) is 23.5 Å². The summed E-state index contributed by atoms with van der Waals surface area (Å²) in [6, 6.07) is 0. The number of nitrogens with zero attached hydrogens (tertiary/aromatic N) is 3. The fourth-order valence-corrected chi connectivity index (χ4v) is 0.290. The maximum absolute atomic E-state index is 10.2. The minimum atomic E-state index is -0.512. The van der Waals surface area contributed by atoms with Crippen molar-refractivity contribution in [3.8, 4) is 0 Å². The largest absolute Gasteiger partial charge is 0.368 e. The minimum Gasteiger partial charge on any atom is -0.244 e. The van der Waals surface area contributed by atoms with Crippen LogP contribution in [-0.2, 0) is 0 Å². The highest BCUT2D eigenvalue weighted by Crippen LogP contribution is 1.56. The Labute approximate surface area is 45.3 Å². The molecule has 0 amide bonds. The van der Waals surface area contributed by atoms with Gasteiger partial charge in [-0.2, -0.15) is 9.97 Å². The Kier molecular flexibility index (Phi) is 1.27. The van der Waals surface area contributed by atoms with Crippen molar-refractivity contribution in [1.82, 2.24) is 15.0 Å². The summed E-state index contributed by atoms with van der Waals surface area (Å²) in [4.78, 5) is 20.3. The molecule has 0 aliphatic carbocycles. The van der Waals surface area contributed by atoms with E-state index in [1.165, 1.54) is 12.4 Å². The third kappa shape index (κ3) is 1.07. The maximum Gasteiger partial charge on any atom is 0.368 e. The molecular formula is C4H3N3O. The molecule has 40 valence electrons. The van der Waals surface area contributed by atoms with Gasteiger partial charge in [0.25, 0.3) is 0 Å². The van der Waals surface area contributed by atoms with Gasteiger partial charge in [-0.05, 0) is 0 Å². The summed E-state index contributed by atoms with van der Waals surface area (Å²) in [5, 5.41) is 0. The topological polar surface area (TPSA) is 55.7 Å². The fourth-order valence-electron chi connectivity index (χ4n) is 0.290. The number of rotatable bonds is 0. The molecule has 0 atom stereocenters. The Morgan fingerprint density at radius 2 is 2.12 bits per heavy atom. The Hall–Kier alpha value is -1.32. The molecular weight excluding hydrogens is 106 g/mol. The van der Waals surface area contributed by atoms with E-state index in [4.69, 9.17) is 0 Å². The van der Waals surface area contributed by atoms with Crippen molar-refractivity contribution in [1.29, 1.82) is 0 Å². The van der Waals surface area contributed by atoms with Gasteiger partial charge in [0.1, 0.15) is 6.33 Å². The Morgan fingerprint density at radius 3 is 3.00 bits per heavy atom. The lowest BCUT2D eigenvalue weighted by Gasteiger charge is -1.55. The first kappa shape index (κ1) is 4.83. The molecule has 1 aromatic heterocycles. The third-order valence-corrected chi connectivity index (χ3v) is 0.573. The van der Waals surface area contributed by atoms with Crippen LogP contribution in [0.5, 0.6) is 0 Å². The quantitative estimate of drug-likeness (QED) is 0.439. The molecule has 0 saturated heterocycles. The SMILES string of the molecule is O=c1nccncn1. The number of hydrogen-bond acceptors (Lipinski definition) is 4. The second-order valence-electron chi connectivity index (χ2n) is 1.10. The van der Waals surface area contributed by atoms with Gasteiger partial charge in [0.2, 0.25) is 0 Å². The van der Waals surface area contributed by atoms with Crippen molar-refractivity contribution in [3.05, 3.63) is 29.2 Å². The van der Waals surface area contributed by atoms with E-state index in [9.17, 15) is 4.79 Å². The zero-order chi connectivity index (χ0) is 5.82. The maximum atomic E-state index is 10.2. The van der Waals surface area contributed by atoms with Crippen LogP contribution in [0, 0.1) is 0 Å². The average Bonchev–Trinajstić information content (AvgIpc) is 1.94. The van der Waals surface area contributed by atoms with Crippen LogP contribution in [0.4, 0.5) is 0 Å². The van der Waals surface area contributed by atoms with Gasteiger partial charge in [0.05, 0.1) is 6.20 Å². The van der Waals surface area contributed by atoms with E-state index in [1.807, 2.05) is 0 Å². The summed E-state index contributed by atoms with van der Waals surface area (Å²) in [5.74, 6) is 0. The molecule has 1 rings (SSSR count). The van der Waals surface area contributed by atoms with Gasteiger partial charge >= 0.3 is 5.69 Å². The van der Waals surface area contributed by atoms with Crippen LogP contribution < -0.4 is 5.69 Å². The van der Waals surface area contributed by atoms with Crippen molar-refractivity contribution in [2.75, 3.05) is 0 Å². The van der Waals surface area contributed by atoms with Crippen LogP contribution >= 0.6 is 0 Å². The zero-order valence-corrected chi connectivity index (χ0v) is 3.98. The minimum absolute atomic E-state index is 0.512. The van der Waals surface area contributed by atoms with Crippen LogP contribution in [-0.4, -0.2) is 15.0 Å². The molecule has 8 heavy (non-hydrogen) atoms. The second kappa shape index (κ2) is 2.11. The second-order valence-corrected chi connectivity index (χ2v) is 1.10. The molecule has 4 heteroatoms. The first-order valence-electron chi connectivity index (χ1n) is 2.02. The molecule has 0 radical (unpaired) electrons. The lowest BCUT2D eigenvalue weighted by molar-refractivity contribution is 1.10. The molecule has 0 aliphatic heterocycles. The van der Waals surface area contributed by atoms with Crippen LogP contribution in [0.25, 0.3) is 0 Å². The van der Waals surface area contributed by atoms with Crippen LogP contribution in [0.2, 0.25) is 0 Å². The normalized spacial score (nSPS) is 8.50. The van der Waals surface area contributed by atoms with Gasteiger partial charge in [-0.25, -0.2) is 9.78 Å². The third-order valence-electron chi connectivity index (χ3n) is 0.573. The summed E-state index contributed by atoms with van der Waals surface area (Å²) in [6.45, 7) is 0. The lowest BCUT2D eigenvalue weighted by atomic mass is 10.9. The van der Waals surface area contributed by atoms with E-state index in [1.54, 1.807) is 0 Å². The molecule has 1 aromatic rings. The summed E-state index contributed by atoms with van der Waals surface area (Å²) >= 11 is 0. The summed E-state index contributed by atoms with van der Waals surface area (Å²) in [6.07, 6.45) is 3.86. The average molecular weight is 109 g/mol. The van der Waals surface area contributed by atoms with E-state index >= 15 is 0 Å². The van der Waals surface area contributed by atoms with Gasteiger partial charge in [-0.3, -0.25) is 0 Å². The predicted octanol–water partition coefficient (Wildman–Crippen LogP) is -0.768. The van der Waals surface area contributed by atoms with Gasteiger partial charge in [0, 0.05) is 6.20 Å². The van der Waals surface area contributed by atoms with E-state index in [2.05, 4.69) is 15.0 Å². The number of aromatic nitrogens is 3. The zero-order valence-electron chi connectivity index (χ0n) is 3.98. The molecule has 0 spiro atoms. The van der Waals surface area contributed by atoms with Gasteiger partial charge in [-0.1, -0.05) is 0 Å². The molecule has 0 aliphatic rings. The van der Waals surface area contributed by atoms with Crippen molar-refractivity contribution < 1.29 is 0 Å². The molecule has 1 heterocycles. The molecule has 0 bridgehead atoms. The summed E-state index contributed by atoms with van der Waals surface area (Å²) < 4.78 is 0. The van der Waals surface area contributed by atoms with Gasteiger partial charge < -0.3 is 0 Å². The predicted molar refractivity (Wildman–Crippen MR) is 26.1 cm³/mol. The molecule has 0 aromatic carbocycles. The molecule has 0 saturated carbocycles. The standard InChI is InChI=1S/C4H3N3O/c8-4-6-2-1-5-3-7-4/h1-3H. The molecule has 0 fully saturated rings. The van der Waals surface area contributed by atoms with Gasteiger partial charge in [0.15, 0.2) is 0 Å². The van der Waals surface area contributed by atoms with Crippen molar-refractivity contribution >= 4 is 0 Å². The summed E-state index contributed by atoms with van der Waals surface area (Å²) in [7, 11) is 0. The first-order valence-corrected chi connectivity index (χ1v) is 2.02. The van der Waals surface area contributed by atoms with E-state index in [0.717, 1.165) is 6.33 Å². The molecule has 0 unspecified atom stereocenters. The van der Waals surface area contributed by atoms with E-state index in [-0.39, 0.29) is 0 Å². The van der Waals surface area contributed by atoms with Crippen molar-refractivity contribution in [3.63, 3.8) is 0 Å². The smallest absolute Gasteiger partial charge is 0.244 e. The van der Waals surface area contributed by atoms with Crippen molar-refractivity contribution in [2.24, 2.45) is 0 Å². The van der Waals surface area contributed by atoms with Crippen molar-refractivity contribution in [2.45, 2.75) is 0 Å². The monoisotopic (exact) mass is 109 g/mol. The first-order chi connectivity index (χ1) is 3.89. The Morgan fingerprint density at radius 1 is 1.25 bits per heavy atom. The highest BCUT2D eigenvalue weighted by atomic mass is 16.1. The van der Waals surface area contributed by atoms with E-state index in [0.29, 0.717) is 0 Å². The Balaban J connectivity index is 3.32. The fraction of sp³-hybridized carbons (Fsp3) is 0. The van der Waals surface area contributed by atoms with Crippen LogP contribution in [0.3, 0.4) is 0 Å². The van der Waals surface area contributed by atoms with E-state index < -0.39 is 5.69 Å². The molecule has 0 N–H and O–H groups in total. The molecule has 4 nitrogen and oxygen atoms in total. The van der Waals surface area contributed by atoms with Crippen LogP contribution in [0.1, 0.15) is 0 Å². The Bertz CT molecular complexity index is 202. The lowest BCUT2D eigenvalue weighted by Crippen LogP contribution is -2.03. The van der Waals surface area contributed by atoms with Gasteiger partial charge in [-0.15, -0.1) is 0 Å². The summed E-state index contributed by atoms with van der Waals surface area (Å²) in [5.41, 5.74) is -0.512. The highest BCUT2D eigenvalue weighted by molar-refractivity contribution is 4.64. The highest BCUT2D eigenvalue weighted by Gasteiger charge is 1.72. The number of hydrogen-bond donors (Lipinski definition) is 0.